The summed E-state index contributed by atoms with van der Waals surface area (Å²) in [6, 6.07) is 3.51. The second-order valence-corrected chi connectivity index (χ2v) is 10.3. The van der Waals surface area contributed by atoms with E-state index < -0.39 is 25.6 Å². The van der Waals surface area contributed by atoms with Crippen molar-refractivity contribution in [1.29, 1.82) is 0 Å². The van der Waals surface area contributed by atoms with Crippen LogP contribution in [0.2, 0.25) is 0 Å². The van der Waals surface area contributed by atoms with E-state index in [1.54, 1.807) is 0 Å². The molecule has 0 aliphatic rings. The van der Waals surface area contributed by atoms with Crippen molar-refractivity contribution >= 4 is 27.2 Å². The molecule has 1 rings (SSSR count). The fraction of sp³-hybridized carbons (Fsp3) is 0.684. The Kier molecular flexibility index (Phi) is 9.33. The number of hydrogen-bond acceptors (Lipinski definition) is 9. The molecule has 0 heterocycles. The number of rotatable bonds is 14. The molecule has 0 fully saturated rings. The molecule has 0 aliphatic heterocycles. The number of non-ortho nitro benzene ring substituents is 1. The first-order chi connectivity index (χ1) is 14.1. The average molecular weight is 462 g/mol. The SMILES string of the molecule is CC(C)(CCNc1ccc([N+](=O)[O-])cc1[N+](=O)[O-])CCOC(C)(C)CCOS(C)(=O)=O. The van der Waals surface area contributed by atoms with E-state index in [2.05, 4.69) is 5.32 Å². The molecule has 0 saturated heterocycles. The predicted octanol–water partition coefficient (Wildman–Crippen LogP) is 3.88. The van der Waals surface area contributed by atoms with Gasteiger partial charge >= 0.3 is 0 Å². The summed E-state index contributed by atoms with van der Waals surface area (Å²) in [4.78, 5) is 20.7. The Bertz CT molecular complexity index is 884. The monoisotopic (exact) mass is 461 g/mol. The molecule has 1 N–H and O–H groups in total. The number of hydrogen-bond donors (Lipinski definition) is 1. The zero-order valence-corrected chi connectivity index (χ0v) is 19.4. The van der Waals surface area contributed by atoms with Crippen molar-refractivity contribution in [3.63, 3.8) is 0 Å². The van der Waals surface area contributed by atoms with Gasteiger partial charge in [-0.3, -0.25) is 24.4 Å². The Balaban J connectivity index is 2.52. The van der Waals surface area contributed by atoms with Gasteiger partial charge in [-0.25, -0.2) is 0 Å². The van der Waals surface area contributed by atoms with Crippen LogP contribution in [0.15, 0.2) is 18.2 Å². The van der Waals surface area contributed by atoms with Crippen molar-refractivity contribution in [2.24, 2.45) is 5.41 Å². The van der Waals surface area contributed by atoms with Gasteiger partial charge in [-0.05, 0) is 38.2 Å². The van der Waals surface area contributed by atoms with Crippen molar-refractivity contribution in [3.8, 4) is 0 Å². The number of ether oxygens (including phenoxy) is 1. The molecule has 0 aromatic heterocycles. The van der Waals surface area contributed by atoms with Gasteiger partial charge in [-0.1, -0.05) is 13.8 Å². The largest absolute Gasteiger partial charge is 0.379 e. The molecule has 0 bridgehead atoms. The number of nitrogens with one attached hydrogen (secondary N) is 1. The number of benzene rings is 1. The minimum absolute atomic E-state index is 0.0488. The molecule has 176 valence electrons. The van der Waals surface area contributed by atoms with Crippen LogP contribution in [0, 0.1) is 25.6 Å². The van der Waals surface area contributed by atoms with Crippen molar-refractivity contribution < 1.29 is 27.2 Å². The summed E-state index contributed by atoms with van der Waals surface area (Å²) in [7, 11) is -3.48. The van der Waals surface area contributed by atoms with Gasteiger partial charge in [0.15, 0.2) is 0 Å². The quantitative estimate of drug-likeness (QED) is 0.247. The highest BCUT2D eigenvalue weighted by Crippen LogP contribution is 2.31. The highest BCUT2D eigenvalue weighted by Gasteiger charge is 2.24. The summed E-state index contributed by atoms with van der Waals surface area (Å²) in [5.74, 6) is 0. The number of nitrogens with zero attached hydrogens (tertiary/aromatic N) is 2. The van der Waals surface area contributed by atoms with Crippen LogP contribution in [0.3, 0.4) is 0 Å². The van der Waals surface area contributed by atoms with E-state index in [1.165, 1.54) is 12.1 Å². The highest BCUT2D eigenvalue weighted by molar-refractivity contribution is 7.85. The fourth-order valence-corrected chi connectivity index (χ4v) is 3.10. The summed E-state index contributed by atoms with van der Waals surface area (Å²) >= 11 is 0. The molecule has 0 unspecified atom stereocenters. The van der Waals surface area contributed by atoms with Gasteiger partial charge in [-0.2, -0.15) is 8.42 Å². The molecule has 0 atom stereocenters. The molecule has 0 saturated carbocycles. The minimum atomic E-state index is -3.48. The third-order valence-electron chi connectivity index (χ3n) is 4.78. The maximum Gasteiger partial charge on any atom is 0.299 e. The summed E-state index contributed by atoms with van der Waals surface area (Å²) < 4.78 is 32.7. The van der Waals surface area contributed by atoms with Crippen LogP contribution >= 0.6 is 0 Å². The Morgan fingerprint density at radius 2 is 1.65 bits per heavy atom. The third kappa shape index (κ3) is 10.5. The number of nitro groups is 2. The Labute approximate surface area is 182 Å². The van der Waals surface area contributed by atoms with Crippen LogP contribution in [0.25, 0.3) is 0 Å². The van der Waals surface area contributed by atoms with E-state index in [-0.39, 0.29) is 29.1 Å². The molecule has 0 amide bonds. The lowest BCUT2D eigenvalue weighted by Gasteiger charge is -2.29. The normalized spacial score (nSPS) is 12.5. The third-order valence-corrected chi connectivity index (χ3v) is 5.37. The van der Waals surface area contributed by atoms with Crippen LogP contribution < -0.4 is 5.32 Å². The lowest BCUT2D eigenvalue weighted by Crippen LogP contribution is -2.29. The van der Waals surface area contributed by atoms with Crippen LogP contribution in [-0.4, -0.2) is 49.9 Å². The minimum Gasteiger partial charge on any atom is -0.379 e. The van der Waals surface area contributed by atoms with Crippen molar-refractivity contribution in [1.82, 2.24) is 0 Å². The number of nitro benzene ring substituents is 2. The van der Waals surface area contributed by atoms with Gasteiger partial charge in [-0.15, -0.1) is 0 Å². The zero-order chi connectivity index (χ0) is 23.9. The second-order valence-electron chi connectivity index (χ2n) is 8.69. The molecule has 12 heteroatoms. The molecule has 11 nitrogen and oxygen atoms in total. The van der Waals surface area contributed by atoms with E-state index >= 15 is 0 Å². The molecule has 0 aliphatic carbocycles. The molecule has 31 heavy (non-hydrogen) atoms. The average Bonchev–Trinajstić information content (AvgIpc) is 2.59. The van der Waals surface area contributed by atoms with Crippen LogP contribution in [-0.2, 0) is 19.0 Å². The summed E-state index contributed by atoms with van der Waals surface area (Å²) in [5.41, 5.74) is -1.12. The zero-order valence-electron chi connectivity index (χ0n) is 18.5. The summed E-state index contributed by atoms with van der Waals surface area (Å²) in [5, 5.41) is 25.0. The molecule has 1 aromatic carbocycles. The van der Waals surface area contributed by atoms with E-state index in [4.69, 9.17) is 8.92 Å². The predicted molar refractivity (Wildman–Crippen MR) is 117 cm³/mol. The van der Waals surface area contributed by atoms with Crippen LogP contribution in [0.5, 0.6) is 0 Å². The van der Waals surface area contributed by atoms with E-state index in [0.29, 0.717) is 32.4 Å². The lowest BCUT2D eigenvalue weighted by atomic mass is 9.86. The van der Waals surface area contributed by atoms with Gasteiger partial charge in [0.05, 0.1) is 34.4 Å². The number of anilines is 1. The second kappa shape index (κ2) is 10.8. The van der Waals surface area contributed by atoms with Gasteiger partial charge in [0.25, 0.3) is 21.5 Å². The first-order valence-electron chi connectivity index (χ1n) is 9.77. The van der Waals surface area contributed by atoms with Crippen molar-refractivity contribution in [3.05, 3.63) is 38.4 Å². The molecular weight excluding hydrogens is 430 g/mol. The van der Waals surface area contributed by atoms with Crippen molar-refractivity contribution in [2.75, 3.05) is 31.3 Å². The summed E-state index contributed by atoms with van der Waals surface area (Å²) in [6.07, 6.45) is 2.82. The molecule has 0 spiro atoms. The van der Waals surface area contributed by atoms with Crippen LogP contribution in [0.1, 0.15) is 47.0 Å². The molecular formula is C19H31N3O8S. The Hall–Kier alpha value is -2.31. The topological polar surface area (TPSA) is 151 Å². The van der Waals surface area contributed by atoms with Crippen molar-refractivity contribution in [2.45, 2.75) is 52.6 Å². The maximum atomic E-state index is 11.2. The lowest BCUT2D eigenvalue weighted by molar-refractivity contribution is -0.393. The van der Waals surface area contributed by atoms with Crippen LogP contribution in [0.4, 0.5) is 17.1 Å². The first-order valence-corrected chi connectivity index (χ1v) is 11.6. The van der Waals surface area contributed by atoms with Gasteiger partial charge < -0.3 is 10.1 Å². The first kappa shape index (κ1) is 26.7. The smallest absolute Gasteiger partial charge is 0.299 e. The Morgan fingerprint density at radius 3 is 2.19 bits per heavy atom. The Morgan fingerprint density at radius 1 is 1.00 bits per heavy atom. The van der Waals surface area contributed by atoms with E-state index in [0.717, 1.165) is 12.3 Å². The van der Waals surface area contributed by atoms with E-state index in [1.807, 2.05) is 27.7 Å². The fourth-order valence-electron chi connectivity index (χ4n) is 2.71. The van der Waals surface area contributed by atoms with Gasteiger partial charge in [0.1, 0.15) is 5.69 Å². The highest BCUT2D eigenvalue weighted by atomic mass is 32.2. The maximum absolute atomic E-state index is 11.2. The standard InChI is InChI=1S/C19H31N3O8S/c1-18(2,9-12-29-19(3,4)10-13-30-31(5,27)28)8-11-20-16-7-6-15(21(23)24)14-17(16)22(25)26/h6-7,14,20H,8-13H2,1-5H3. The van der Waals surface area contributed by atoms with E-state index in [9.17, 15) is 28.6 Å². The van der Waals surface area contributed by atoms with Gasteiger partial charge in [0.2, 0.25) is 0 Å². The van der Waals surface area contributed by atoms with Gasteiger partial charge in [0, 0.05) is 25.6 Å². The summed E-state index contributed by atoms with van der Waals surface area (Å²) in [6.45, 7) is 8.76. The molecule has 0 radical (unpaired) electrons. The molecule has 1 aromatic rings.